The zero-order chi connectivity index (χ0) is 14.4. The molecule has 0 aliphatic carbocycles. The Labute approximate surface area is 120 Å². The first-order chi connectivity index (χ1) is 9.63. The molecule has 1 unspecified atom stereocenters. The van der Waals surface area contributed by atoms with Gasteiger partial charge in [0.1, 0.15) is 0 Å². The van der Waals surface area contributed by atoms with E-state index in [1.54, 1.807) is 0 Å². The number of amides is 1. The van der Waals surface area contributed by atoms with E-state index in [0.29, 0.717) is 6.54 Å². The molecule has 110 valence electrons. The minimum absolute atomic E-state index is 0.0771. The van der Waals surface area contributed by atoms with Crippen molar-refractivity contribution in [2.24, 2.45) is 0 Å². The molecule has 1 fully saturated rings. The van der Waals surface area contributed by atoms with Gasteiger partial charge in [0.2, 0.25) is 5.91 Å². The van der Waals surface area contributed by atoms with Crippen LogP contribution in [0.1, 0.15) is 19.8 Å². The lowest BCUT2D eigenvalue weighted by atomic mass is 10.2. The summed E-state index contributed by atoms with van der Waals surface area (Å²) in [5.74, 6) is -0.0771. The van der Waals surface area contributed by atoms with Crippen molar-refractivity contribution in [2.75, 3.05) is 36.8 Å². The SMILES string of the molecule is CC(=O)Nc1ccc(NCC(O)CN2CCCC2)cc1. The summed E-state index contributed by atoms with van der Waals surface area (Å²) in [6, 6.07) is 7.48. The summed E-state index contributed by atoms with van der Waals surface area (Å²) in [7, 11) is 0. The van der Waals surface area contributed by atoms with Gasteiger partial charge in [-0.25, -0.2) is 0 Å². The maximum atomic E-state index is 10.9. The first kappa shape index (κ1) is 14.8. The molecule has 1 amide bonds. The predicted octanol–water partition coefficient (Wildman–Crippen LogP) is 1.51. The lowest BCUT2D eigenvalue weighted by Gasteiger charge is -2.20. The molecule has 0 bridgehead atoms. The highest BCUT2D eigenvalue weighted by Gasteiger charge is 2.15. The molecule has 3 N–H and O–H groups in total. The number of hydrogen-bond acceptors (Lipinski definition) is 4. The van der Waals surface area contributed by atoms with Crippen LogP contribution >= 0.6 is 0 Å². The fourth-order valence-electron chi connectivity index (χ4n) is 2.44. The third kappa shape index (κ3) is 4.83. The second kappa shape index (κ2) is 7.26. The molecule has 1 atom stereocenters. The molecule has 0 saturated carbocycles. The smallest absolute Gasteiger partial charge is 0.221 e. The van der Waals surface area contributed by atoms with Crippen molar-refractivity contribution in [2.45, 2.75) is 25.9 Å². The minimum atomic E-state index is -0.358. The molecule has 5 nitrogen and oxygen atoms in total. The maximum Gasteiger partial charge on any atom is 0.221 e. The maximum absolute atomic E-state index is 10.9. The number of aliphatic hydroxyl groups is 1. The number of likely N-dealkylation sites (tertiary alicyclic amines) is 1. The molecule has 5 heteroatoms. The average molecular weight is 277 g/mol. The summed E-state index contributed by atoms with van der Waals surface area (Å²) in [6.45, 7) is 4.96. The standard InChI is InChI=1S/C15H23N3O2/c1-12(19)17-14-6-4-13(5-7-14)16-10-15(20)11-18-8-2-3-9-18/h4-7,15-16,20H,2-3,8-11H2,1H3,(H,17,19). The number of rotatable bonds is 6. The first-order valence-corrected chi connectivity index (χ1v) is 7.15. The van der Waals surface area contributed by atoms with Crippen molar-refractivity contribution >= 4 is 17.3 Å². The van der Waals surface area contributed by atoms with Crippen LogP contribution in [0, 0.1) is 0 Å². The molecule has 1 aromatic carbocycles. The lowest BCUT2D eigenvalue weighted by Crippen LogP contribution is -2.34. The lowest BCUT2D eigenvalue weighted by molar-refractivity contribution is -0.114. The summed E-state index contributed by atoms with van der Waals surface area (Å²) >= 11 is 0. The van der Waals surface area contributed by atoms with Crippen LogP contribution in [0.5, 0.6) is 0 Å². The van der Waals surface area contributed by atoms with Crippen molar-refractivity contribution in [3.05, 3.63) is 24.3 Å². The normalized spacial score (nSPS) is 16.9. The Kier molecular flexibility index (Phi) is 5.38. The number of carbonyl (C=O) groups is 1. The fraction of sp³-hybridized carbons (Fsp3) is 0.533. The van der Waals surface area contributed by atoms with E-state index < -0.39 is 0 Å². The Morgan fingerprint density at radius 3 is 2.45 bits per heavy atom. The van der Waals surface area contributed by atoms with Gasteiger partial charge in [-0.15, -0.1) is 0 Å². The van der Waals surface area contributed by atoms with Gasteiger partial charge in [-0.3, -0.25) is 4.79 Å². The predicted molar refractivity (Wildman–Crippen MR) is 80.9 cm³/mol. The van der Waals surface area contributed by atoms with Crippen LogP contribution in [-0.2, 0) is 4.79 Å². The van der Waals surface area contributed by atoms with Gasteiger partial charge in [0.05, 0.1) is 6.10 Å². The number of benzene rings is 1. The van der Waals surface area contributed by atoms with Gasteiger partial charge in [-0.1, -0.05) is 0 Å². The molecule has 0 spiro atoms. The van der Waals surface area contributed by atoms with E-state index in [-0.39, 0.29) is 12.0 Å². The number of nitrogens with zero attached hydrogens (tertiary/aromatic N) is 1. The highest BCUT2D eigenvalue weighted by molar-refractivity contribution is 5.88. The van der Waals surface area contributed by atoms with Gasteiger partial charge in [0.25, 0.3) is 0 Å². The summed E-state index contributed by atoms with van der Waals surface area (Å²) in [5, 5.41) is 15.9. The third-order valence-electron chi connectivity index (χ3n) is 3.41. The van der Waals surface area contributed by atoms with Crippen LogP contribution in [0.2, 0.25) is 0 Å². The molecule has 1 heterocycles. The highest BCUT2D eigenvalue weighted by atomic mass is 16.3. The zero-order valence-electron chi connectivity index (χ0n) is 11.9. The number of hydrogen-bond donors (Lipinski definition) is 3. The molecule has 0 aromatic heterocycles. The Bertz CT molecular complexity index is 427. The monoisotopic (exact) mass is 277 g/mol. The Balaban J connectivity index is 1.73. The quantitative estimate of drug-likeness (QED) is 0.737. The van der Waals surface area contributed by atoms with E-state index in [1.807, 2.05) is 24.3 Å². The summed E-state index contributed by atoms with van der Waals surface area (Å²) in [6.07, 6.45) is 2.12. The highest BCUT2D eigenvalue weighted by Crippen LogP contribution is 2.14. The molecule has 2 rings (SSSR count). The second-order valence-corrected chi connectivity index (χ2v) is 5.30. The summed E-state index contributed by atoms with van der Waals surface area (Å²) in [4.78, 5) is 13.2. The number of β-amino-alcohol motifs (C(OH)–C–C–N with tert-alkyl or cyclic N) is 1. The fourth-order valence-corrected chi connectivity index (χ4v) is 2.44. The van der Waals surface area contributed by atoms with Gasteiger partial charge >= 0.3 is 0 Å². The largest absolute Gasteiger partial charge is 0.390 e. The van der Waals surface area contributed by atoms with Crippen LogP contribution in [-0.4, -0.2) is 48.2 Å². The Morgan fingerprint density at radius 2 is 1.85 bits per heavy atom. The molecular weight excluding hydrogens is 254 g/mol. The van der Waals surface area contributed by atoms with E-state index in [4.69, 9.17) is 0 Å². The molecule has 1 saturated heterocycles. The van der Waals surface area contributed by atoms with Crippen LogP contribution < -0.4 is 10.6 Å². The molecule has 20 heavy (non-hydrogen) atoms. The third-order valence-corrected chi connectivity index (χ3v) is 3.41. The molecular formula is C15H23N3O2. The number of carbonyl (C=O) groups excluding carboxylic acids is 1. The van der Waals surface area contributed by atoms with Gasteiger partial charge in [0, 0.05) is 31.4 Å². The molecule has 1 aromatic rings. The van der Waals surface area contributed by atoms with Crippen LogP contribution in [0.15, 0.2) is 24.3 Å². The Morgan fingerprint density at radius 1 is 1.25 bits per heavy atom. The summed E-state index contributed by atoms with van der Waals surface area (Å²) in [5.41, 5.74) is 1.72. The average Bonchev–Trinajstić information content (AvgIpc) is 2.90. The van der Waals surface area contributed by atoms with Crippen molar-refractivity contribution < 1.29 is 9.90 Å². The van der Waals surface area contributed by atoms with Crippen LogP contribution in [0.4, 0.5) is 11.4 Å². The summed E-state index contributed by atoms with van der Waals surface area (Å²) < 4.78 is 0. The molecule has 1 aliphatic heterocycles. The van der Waals surface area contributed by atoms with E-state index in [0.717, 1.165) is 31.0 Å². The molecule has 1 aliphatic rings. The topological polar surface area (TPSA) is 64.6 Å². The zero-order valence-corrected chi connectivity index (χ0v) is 11.9. The molecule has 0 radical (unpaired) electrons. The first-order valence-electron chi connectivity index (χ1n) is 7.15. The number of nitrogens with one attached hydrogen (secondary N) is 2. The van der Waals surface area contributed by atoms with Gasteiger partial charge in [0.15, 0.2) is 0 Å². The second-order valence-electron chi connectivity index (χ2n) is 5.30. The van der Waals surface area contributed by atoms with Gasteiger partial charge in [-0.05, 0) is 50.2 Å². The van der Waals surface area contributed by atoms with E-state index in [9.17, 15) is 9.90 Å². The van der Waals surface area contributed by atoms with Gasteiger partial charge < -0.3 is 20.6 Å². The van der Waals surface area contributed by atoms with Crippen molar-refractivity contribution in [1.29, 1.82) is 0 Å². The minimum Gasteiger partial charge on any atom is -0.390 e. The van der Waals surface area contributed by atoms with Crippen LogP contribution in [0.25, 0.3) is 0 Å². The van der Waals surface area contributed by atoms with Crippen molar-refractivity contribution in [3.8, 4) is 0 Å². The van der Waals surface area contributed by atoms with Gasteiger partial charge in [-0.2, -0.15) is 0 Å². The van der Waals surface area contributed by atoms with E-state index in [1.165, 1.54) is 19.8 Å². The number of aliphatic hydroxyl groups excluding tert-OH is 1. The Hall–Kier alpha value is -1.59. The number of anilines is 2. The van der Waals surface area contributed by atoms with Crippen molar-refractivity contribution in [1.82, 2.24) is 4.90 Å². The van der Waals surface area contributed by atoms with E-state index in [2.05, 4.69) is 15.5 Å². The van der Waals surface area contributed by atoms with Crippen LogP contribution in [0.3, 0.4) is 0 Å². The van der Waals surface area contributed by atoms with Crippen molar-refractivity contribution in [3.63, 3.8) is 0 Å². The van der Waals surface area contributed by atoms with E-state index >= 15 is 0 Å².